The highest BCUT2D eigenvalue weighted by Gasteiger charge is 2.23. The predicted molar refractivity (Wildman–Crippen MR) is 160 cm³/mol. The second-order valence-electron chi connectivity index (χ2n) is 5.22. The number of amides is 2. The van der Waals surface area contributed by atoms with Crippen LogP contribution in [-0.2, 0) is 9.59 Å². The molecule has 0 aliphatic heterocycles. The molecule has 0 aliphatic rings. The SMILES string of the molecule is O=C(CO)Nc1c(I)cc(I)c(-c2c(I)cc(I)c(NC(=O)CO)c2I)c1I. The van der Waals surface area contributed by atoms with E-state index in [0.29, 0.717) is 11.4 Å². The van der Waals surface area contributed by atoms with E-state index in [2.05, 4.69) is 146 Å². The predicted octanol–water partition coefficient (Wildman–Crippen LogP) is 4.84. The third kappa shape index (κ3) is 5.92. The van der Waals surface area contributed by atoms with Gasteiger partial charge in [-0.1, -0.05) is 0 Å². The fourth-order valence-corrected chi connectivity index (χ4v) is 10.6. The van der Waals surface area contributed by atoms with Crippen molar-refractivity contribution in [3.63, 3.8) is 0 Å². The summed E-state index contributed by atoms with van der Waals surface area (Å²) in [4.78, 5) is 23.5. The van der Waals surface area contributed by atoms with Gasteiger partial charge in [0.05, 0.1) is 11.4 Å². The van der Waals surface area contributed by atoms with E-state index in [4.69, 9.17) is 10.2 Å². The lowest BCUT2D eigenvalue weighted by Crippen LogP contribution is -2.18. The smallest absolute Gasteiger partial charge is 0.250 e. The van der Waals surface area contributed by atoms with Crippen LogP contribution in [0.4, 0.5) is 11.4 Å². The molecule has 2 rings (SSSR count). The summed E-state index contributed by atoms with van der Waals surface area (Å²) in [6.45, 7) is -1.19. The highest BCUT2D eigenvalue weighted by Crippen LogP contribution is 2.44. The quantitative estimate of drug-likeness (QED) is 0.323. The minimum atomic E-state index is -0.594. The van der Waals surface area contributed by atoms with Gasteiger partial charge in [0, 0.05) is 32.5 Å². The van der Waals surface area contributed by atoms with Crippen LogP contribution in [0.25, 0.3) is 11.1 Å². The molecule has 4 N–H and O–H groups in total. The van der Waals surface area contributed by atoms with Gasteiger partial charge < -0.3 is 20.8 Å². The maximum atomic E-state index is 11.8. The maximum absolute atomic E-state index is 11.8. The van der Waals surface area contributed by atoms with Crippen LogP contribution in [-0.4, -0.2) is 35.2 Å². The molecule has 6 nitrogen and oxygen atoms in total. The molecule has 2 amide bonds. The van der Waals surface area contributed by atoms with Gasteiger partial charge in [0.25, 0.3) is 0 Å². The minimum absolute atomic E-state index is 0.481. The zero-order chi connectivity index (χ0) is 21.2. The van der Waals surface area contributed by atoms with E-state index in [1.165, 1.54) is 0 Å². The van der Waals surface area contributed by atoms with E-state index in [1.807, 2.05) is 12.1 Å². The lowest BCUT2D eigenvalue weighted by atomic mass is 10.0. The van der Waals surface area contributed by atoms with Crippen molar-refractivity contribution in [2.75, 3.05) is 23.8 Å². The standard InChI is InChI=1S/C16H10I6N2O4/c17-5-1-7(19)15(23-9(27)3-25)13(21)11(5)12-6(18)2-8(20)16(14(12)22)24-10(28)4-26/h1-2,25-26H,3-4H2,(H,23,27)(H,24,28). The van der Waals surface area contributed by atoms with Crippen LogP contribution in [0.2, 0.25) is 0 Å². The van der Waals surface area contributed by atoms with Gasteiger partial charge >= 0.3 is 0 Å². The first-order valence-corrected chi connectivity index (χ1v) is 13.8. The average molecular weight is 1060 g/mol. The topological polar surface area (TPSA) is 98.7 Å². The molecular weight excluding hydrogens is 1050 g/mol. The molecular formula is C16H10I6N2O4. The second-order valence-corrected chi connectivity index (χ2v) is 12.0. The fraction of sp³-hybridized carbons (Fsp3) is 0.125. The molecule has 0 atom stereocenters. The molecule has 0 aromatic heterocycles. The Bertz CT molecular complexity index is 890. The molecule has 0 bridgehead atoms. The number of carbonyl (C=O) groups excluding carboxylic acids is 2. The van der Waals surface area contributed by atoms with Crippen LogP contribution in [0.3, 0.4) is 0 Å². The van der Waals surface area contributed by atoms with E-state index in [9.17, 15) is 9.59 Å². The summed E-state index contributed by atoms with van der Waals surface area (Å²) in [5.74, 6) is -0.961. The van der Waals surface area contributed by atoms with Gasteiger partial charge in [0.2, 0.25) is 11.8 Å². The number of benzene rings is 2. The molecule has 2 aromatic carbocycles. The third-order valence-corrected chi connectivity index (χ3v) is 8.97. The lowest BCUT2D eigenvalue weighted by Gasteiger charge is -2.20. The number of aliphatic hydroxyl groups is 2. The van der Waals surface area contributed by atoms with E-state index >= 15 is 0 Å². The van der Waals surface area contributed by atoms with Crippen molar-refractivity contribution in [2.24, 2.45) is 0 Å². The van der Waals surface area contributed by atoms with Gasteiger partial charge in [0.1, 0.15) is 13.2 Å². The highest BCUT2D eigenvalue weighted by atomic mass is 127. The number of halogens is 6. The number of hydrogen-bond acceptors (Lipinski definition) is 4. The molecule has 0 saturated carbocycles. The molecule has 28 heavy (non-hydrogen) atoms. The Morgan fingerprint density at radius 1 is 0.679 bits per heavy atom. The minimum Gasteiger partial charge on any atom is -0.387 e. The summed E-state index contributed by atoms with van der Waals surface area (Å²) in [6.07, 6.45) is 0. The third-order valence-electron chi connectivity index (χ3n) is 3.41. The Morgan fingerprint density at radius 3 is 1.29 bits per heavy atom. The Labute approximate surface area is 243 Å². The van der Waals surface area contributed by atoms with Crippen LogP contribution < -0.4 is 10.6 Å². The van der Waals surface area contributed by atoms with Crippen molar-refractivity contribution in [3.05, 3.63) is 33.6 Å². The van der Waals surface area contributed by atoms with Crippen molar-refractivity contribution in [2.45, 2.75) is 0 Å². The molecule has 0 spiro atoms. The number of anilines is 2. The molecule has 0 heterocycles. The second kappa shape index (κ2) is 11.5. The van der Waals surface area contributed by atoms with Gasteiger partial charge in [0.15, 0.2) is 0 Å². The Morgan fingerprint density at radius 2 is 1.00 bits per heavy atom. The van der Waals surface area contributed by atoms with Gasteiger partial charge in [-0.25, -0.2) is 0 Å². The average Bonchev–Trinajstić information content (AvgIpc) is 2.63. The molecule has 0 radical (unpaired) electrons. The summed E-state index contributed by atoms with van der Waals surface area (Å²) in [6, 6.07) is 3.92. The molecule has 0 fully saturated rings. The maximum Gasteiger partial charge on any atom is 0.250 e. The van der Waals surface area contributed by atoms with Crippen LogP contribution in [0.1, 0.15) is 0 Å². The summed E-state index contributed by atoms with van der Waals surface area (Å²) >= 11 is 13.2. The highest BCUT2D eigenvalue weighted by molar-refractivity contribution is 14.1. The number of nitrogens with one attached hydrogen (secondary N) is 2. The van der Waals surface area contributed by atoms with Gasteiger partial charge in [-0.2, -0.15) is 0 Å². The van der Waals surface area contributed by atoms with E-state index in [0.717, 1.165) is 32.5 Å². The van der Waals surface area contributed by atoms with Crippen molar-refractivity contribution in [1.29, 1.82) is 0 Å². The zero-order valence-electron chi connectivity index (χ0n) is 13.5. The Hall–Kier alpha value is 1.68. The molecule has 0 unspecified atom stereocenters. The Kier molecular flexibility index (Phi) is 10.7. The first-order valence-electron chi connectivity index (χ1n) is 7.29. The first kappa shape index (κ1) is 25.9. The molecule has 150 valence electrons. The summed E-state index contributed by atoms with van der Waals surface area (Å²) in [7, 11) is 0. The van der Waals surface area contributed by atoms with Crippen molar-refractivity contribution < 1.29 is 19.8 Å². The van der Waals surface area contributed by atoms with Gasteiger partial charge in [-0.15, -0.1) is 0 Å². The van der Waals surface area contributed by atoms with Crippen LogP contribution in [0, 0.1) is 21.4 Å². The van der Waals surface area contributed by atoms with Gasteiger partial charge in [-0.05, 0) is 148 Å². The monoisotopic (exact) mass is 1060 g/mol. The fourth-order valence-electron chi connectivity index (χ4n) is 2.23. The number of aliphatic hydroxyl groups excluding tert-OH is 2. The Balaban J connectivity index is 2.77. The van der Waals surface area contributed by atoms with Crippen LogP contribution in [0.5, 0.6) is 0 Å². The lowest BCUT2D eigenvalue weighted by molar-refractivity contribution is -0.119. The number of rotatable bonds is 5. The van der Waals surface area contributed by atoms with Crippen molar-refractivity contribution in [3.8, 4) is 11.1 Å². The molecule has 0 saturated heterocycles. The van der Waals surface area contributed by atoms with Crippen molar-refractivity contribution in [1.82, 2.24) is 0 Å². The van der Waals surface area contributed by atoms with E-state index in [1.54, 1.807) is 0 Å². The molecule has 2 aromatic rings. The number of carbonyl (C=O) groups is 2. The number of hydrogen-bond donors (Lipinski definition) is 4. The molecule has 0 aliphatic carbocycles. The normalized spacial score (nSPS) is 10.7. The van der Waals surface area contributed by atoms with E-state index < -0.39 is 25.0 Å². The van der Waals surface area contributed by atoms with Crippen molar-refractivity contribution >= 4 is 159 Å². The summed E-state index contributed by atoms with van der Waals surface area (Å²) in [5, 5.41) is 23.7. The summed E-state index contributed by atoms with van der Waals surface area (Å²) in [5.41, 5.74) is 3.14. The van der Waals surface area contributed by atoms with Gasteiger partial charge in [-0.3, -0.25) is 9.59 Å². The first-order chi connectivity index (χ1) is 13.1. The van der Waals surface area contributed by atoms with Crippen LogP contribution in [0.15, 0.2) is 12.1 Å². The zero-order valence-corrected chi connectivity index (χ0v) is 26.5. The largest absolute Gasteiger partial charge is 0.387 e. The summed E-state index contributed by atoms with van der Waals surface area (Å²) < 4.78 is 5.39. The van der Waals surface area contributed by atoms with Crippen LogP contribution >= 0.6 is 136 Å². The van der Waals surface area contributed by atoms with E-state index in [-0.39, 0.29) is 0 Å². The molecule has 12 heteroatoms.